The van der Waals surface area contributed by atoms with Crippen molar-refractivity contribution in [3.8, 4) is 0 Å². The molecule has 1 atom stereocenters. The molecule has 1 unspecified atom stereocenters. The predicted molar refractivity (Wildman–Crippen MR) is 116 cm³/mol. The van der Waals surface area contributed by atoms with Crippen molar-refractivity contribution < 1.29 is 9.53 Å². The lowest BCUT2D eigenvalue weighted by atomic mass is 9.96. The number of carbonyl (C=O) groups excluding carboxylic acids is 1. The second-order valence-corrected chi connectivity index (χ2v) is 7.21. The molecule has 1 heterocycles. The van der Waals surface area contributed by atoms with E-state index in [1.54, 1.807) is 24.3 Å². The molecular weight excluding hydrogens is 409 g/mol. The van der Waals surface area contributed by atoms with Crippen molar-refractivity contribution in [1.29, 1.82) is 0 Å². The summed E-state index contributed by atoms with van der Waals surface area (Å²) >= 11 is 11.8. The SMILES string of the molecule is COC(N)=NC(c1ccc(Cl)cc1)c1cccc(CC(=O)c2ccc(Cl)cn2)c1. The number of ketones is 1. The van der Waals surface area contributed by atoms with Gasteiger partial charge >= 0.3 is 0 Å². The number of aliphatic imine (C=N–C) groups is 1. The molecule has 0 aliphatic rings. The Morgan fingerprint density at radius 1 is 1.07 bits per heavy atom. The Balaban J connectivity index is 1.90. The lowest BCUT2D eigenvalue weighted by Crippen LogP contribution is -2.16. The first-order valence-corrected chi connectivity index (χ1v) is 9.58. The van der Waals surface area contributed by atoms with E-state index in [2.05, 4.69) is 9.98 Å². The van der Waals surface area contributed by atoms with Crippen LogP contribution < -0.4 is 5.73 Å². The standard InChI is InChI=1S/C22H19Cl2N3O2/c1-29-22(25)27-21(15-5-7-17(23)8-6-15)16-4-2-3-14(11-16)12-20(28)19-10-9-18(24)13-26-19/h2-11,13,21H,12H2,1H3,(H2,25,27). The van der Waals surface area contributed by atoms with E-state index in [4.69, 9.17) is 33.7 Å². The maximum Gasteiger partial charge on any atom is 0.282 e. The van der Waals surface area contributed by atoms with Gasteiger partial charge in [0.25, 0.3) is 6.02 Å². The summed E-state index contributed by atoms with van der Waals surface area (Å²) in [6.45, 7) is 0. The molecule has 5 nitrogen and oxygen atoms in total. The molecule has 3 aromatic rings. The number of methoxy groups -OCH3 is 1. The zero-order valence-corrected chi connectivity index (χ0v) is 17.2. The molecule has 7 heteroatoms. The molecule has 1 aromatic heterocycles. The quantitative estimate of drug-likeness (QED) is 0.346. The number of carbonyl (C=O) groups is 1. The highest BCUT2D eigenvalue weighted by Crippen LogP contribution is 2.28. The molecule has 0 spiro atoms. The van der Waals surface area contributed by atoms with E-state index < -0.39 is 6.04 Å². The van der Waals surface area contributed by atoms with Gasteiger partial charge in [-0.3, -0.25) is 9.78 Å². The van der Waals surface area contributed by atoms with Gasteiger partial charge in [-0.15, -0.1) is 0 Å². The van der Waals surface area contributed by atoms with Gasteiger partial charge < -0.3 is 10.5 Å². The molecule has 0 bridgehead atoms. The van der Waals surface area contributed by atoms with Crippen molar-refractivity contribution >= 4 is 35.0 Å². The normalized spacial score (nSPS) is 12.4. The Bertz CT molecular complexity index is 1020. The van der Waals surface area contributed by atoms with Crippen molar-refractivity contribution in [3.63, 3.8) is 0 Å². The lowest BCUT2D eigenvalue weighted by molar-refractivity contribution is 0.0988. The Morgan fingerprint density at radius 2 is 1.79 bits per heavy atom. The van der Waals surface area contributed by atoms with E-state index in [1.807, 2.05) is 36.4 Å². The molecule has 29 heavy (non-hydrogen) atoms. The van der Waals surface area contributed by atoms with Crippen LogP contribution in [0.2, 0.25) is 10.0 Å². The first-order chi connectivity index (χ1) is 14.0. The number of benzene rings is 2. The fraction of sp³-hybridized carbons (Fsp3) is 0.136. The van der Waals surface area contributed by atoms with Gasteiger partial charge in [0.2, 0.25) is 0 Å². The van der Waals surface area contributed by atoms with E-state index in [0.29, 0.717) is 15.7 Å². The van der Waals surface area contributed by atoms with Crippen LogP contribution in [-0.2, 0) is 11.2 Å². The summed E-state index contributed by atoms with van der Waals surface area (Å²) in [6, 6.07) is 17.9. The maximum atomic E-state index is 12.6. The number of rotatable bonds is 6. The Morgan fingerprint density at radius 3 is 2.45 bits per heavy atom. The smallest absolute Gasteiger partial charge is 0.282 e. The predicted octanol–water partition coefficient (Wildman–Crippen LogP) is 4.86. The largest absolute Gasteiger partial charge is 0.469 e. The average molecular weight is 428 g/mol. The summed E-state index contributed by atoms with van der Waals surface area (Å²) < 4.78 is 5.04. The van der Waals surface area contributed by atoms with E-state index in [9.17, 15) is 4.79 Å². The van der Waals surface area contributed by atoms with Crippen LogP contribution in [0.3, 0.4) is 0 Å². The highest BCUT2D eigenvalue weighted by Gasteiger charge is 2.16. The minimum Gasteiger partial charge on any atom is -0.469 e. The van der Waals surface area contributed by atoms with Gasteiger partial charge in [0.05, 0.1) is 12.1 Å². The molecule has 2 aromatic carbocycles. The fourth-order valence-electron chi connectivity index (χ4n) is 2.86. The van der Waals surface area contributed by atoms with Crippen LogP contribution in [0.5, 0.6) is 0 Å². The molecule has 148 valence electrons. The first kappa shape index (κ1) is 20.8. The van der Waals surface area contributed by atoms with Gasteiger partial charge in [0.15, 0.2) is 5.78 Å². The van der Waals surface area contributed by atoms with Crippen LogP contribution in [0.15, 0.2) is 71.9 Å². The van der Waals surface area contributed by atoms with E-state index in [-0.39, 0.29) is 18.2 Å². The number of amidine groups is 1. The van der Waals surface area contributed by atoms with Gasteiger partial charge in [0.1, 0.15) is 11.7 Å². The zero-order valence-electron chi connectivity index (χ0n) is 15.7. The number of pyridine rings is 1. The highest BCUT2D eigenvalue weighted by molar-refractivity contribution is 6.30. The van der Waals surface area contributed by atoms with Crippen LogP contribution in [0, 0.1) is 0 Å². The summed E-state index contributed by atoms with van der Waals surface area (Å²) in [5, 5.41) is 1.12. The van der Waals surface area contributed by atoms with E-state index in [0.717, 1.165) is 16.7 Å². The lowest BCUT2D eigenvalue weighted by Gasteiger charge is -2.15. The number of ether oxygens (including phenoxy) is 1. The summed E-state index contributed by atoms with van der Waals surface area (Å²) in [4.78, 5) is 21.1. The summed E-state index contributed by atoms with van der Waals surface area (Å²) in [5.41, 5.74) is 8.80. The first-order valence-electron chi connectivity index (χ1n) is 8.82. The molecule has 0 radical (unpaired) electrons. The van der Waals surface area contributed by atoms with Crippen molar-refractivity contribution in [1.82, 2.24) is 4.98 Å². The number of hydrogen-bond acceptors (Lipinski definition) is 4. The third kappa shape index (κ3) is 5.56. The summed E-state index contributed by atoms with van der Waals surface area (Å²) in [7, 11) is 1.46. The van der Waals surface area contributed by atoms with E-state index in [1.165, 1.54) is 13.3 Å². The van der Waals surface area contributed by atoms with Gasteiger partial charge in [-0.1, -0.05) is 59.6 Å². The number of aromatic nitrogens is 1. The number of Topliss-reactive ketones (excluding diaryl/α,β-unsaturated/α-hetero) is 1. The fourth-order valence-corrected chi connectivity index (χ4v) is 3.09. The van der Waals surface area contributed by atoms with E-state index >= 15 is 0 Å². The van der Waals surface area contributed by atoms with Crippen LogP contribution in [-0.4, -0.2) is 23.9 Å². The molecule has 3 rings (SSSR count). The van der Waals surface area contributed by atoms with Crippen molar-refractivity contribution in [2.24, 2.45) is 10.7 Å². The Hall–Kier alpha value is -2.89. The number of halogens is 2. The van der Waals surface area contributed by atoms with Crippen molar-refractivity contribution in [3.05, 3.63) is 99.3 Å². The topological polar surface area (TPSA) is 77.6 Å². The van der Waals surface area contributed by atoms with Gasteiger partial charge in [-0.05, 0) is 41.0 Å². The third-order valence-corrected chi connectivity index (χ3v) is 4.77. The molecule has 0 aliphatic carbocycles. The molecule has 0 amide bonds. The maximum absolute atomic E-state index is 12.6. The highest BCUT2D eigenvalue weighted by atomic mass is 35.5. The minimum absolute atomic E-state index is 0.0665. The number of hydrogen-bond donors (Lipinski definition) is 1. The van der Waals surface area contributed by atoms with Crippen LogP contribution in [0.4, 0.5) is 0 Å². The van der Waals surface area contributed by atoms with Gasteiger partial charge in [-0.2, -0.15) is 0 Å². The number of nitrogens with zero attached hydrogens (tertiary/aromatic N) is 2. The Kier molecular flexibility index (Phi) is 6.86. The molecule has 0 saturated heterocycles. The Labute approximate surface area is 179 Å². The molecule has 0 saturated carbocycles. The molecule has 0 fully saturated rings. The van der Waals surface area contributed by atoms with Crippen LogP contribution in [0.25, 0.3) is 0 Å². The van der Waals surface area contributed by atoms with Crippen LogP contribution in [0.1, 0.15) is 33.2 Å². The molecule has 0 aliphatic heterocycles. The average Bonchev–Trinajstić information content (AvgIpc) is 2.73. The van der Waals surface area contributed by atoms with Crippen LogP contribution >= 0.6 is 23.2 Å². The number of nitrogens with two attached hydrogens (primary N) is 1. The van der Waals surface area contributed by atoms with Crippen molar-refractivity contribution in [2.45, 2.75) is 12.5 Å². The monoisotopic (exact) mass is 427 g/mol. The summed E-state index contributed by atoms with van der Waals surface area (Å²) in [5.74, 6) is -0.0956. The molecule has 2 N–H and O–H groups in total. The molecular formula is C22H19Cl2N3O2. The van der Waals surface area contributed by atoms with Crippen molar-refractivity contribution in [2.75, 3.05) is 7.11 Å². The zero-order chi connectivity index (χ0) is 20.8. The third-order valence-electron chi connectivity index (χ3n) is 4.30. The van der Waals surface area contributed by atoms with Gasteiger partial charge in [-0.25, -0.2) is 4.99 Å². The summed E-state index contributed by atoms with van der Waals surface area (Å²) in [6.07, 6.45) is 1.67. The second-order valence-electron chi connectivity index (χ2n) is 6.33. The second kappa shape index (κ2) is 9.54. The van der Waals surface area contributed by atoms with Gasteiger partial charge in [0, 0.05) is 17.6 Å². The minimum atomic E-state index is -0.393.